The zero-order valence-corrected chi connectivity index (χ0v) is 14.7. The predicted octanol–water partition coefficient (Wildman–Crippen LogP) is 4.95. The lowest BCUT2D eigenvalue weighted by Crippen LogP contribution is -2.14. The number of carboxylic acid groups (broad SMARTS) is 1. The molecule has 0 bridgehead atoms. The second-order valence-corrected chi connectivity index (χ2v) is 8.31. The maximum Gasteiger partial charge on any atom is 0.309 e. The van der Waals surface area contributed by atoms with Crippen LogP contribution in [0.5, 0.6) is 5.75 Å². The summed E-state index contributed by atoms with van der Waals surface area (Å²) < 4.78 is 0. The molecule has 0 saturated heterocycles. The van der Waals surface area contributed by atoms with E-state index in [1.54, 1.807) is 6.07 Å². The minimum absolute atomic E-state index is 0.323. The van der Waals surface area contributed by atoms with Crippen LogP contribution < -0.4 is 0 Å². The van der Waals surface area contributed by atoms with Crippen LogP contribution in [0, 0.1) is 10.8 Å². The Labute approximate surface area is 139 Å². The maximum atomic E-state index is 11.2. The van der Waals surface area contributed by atoms with Crippen molar-refractivity contribution in [1.29, 1.82) is 0 Å². The van der Waals surface area contributed by atoms with E-state index in [0.29, 0.717) is 11.2 Å². The molecular formula is C20H30O3. The van der Waals surface area contributed by atoms with Crippen LogP contribution in [0.15, 0.2) is 18.2 Å². The van der Waals surface area contributed by atoms with Crippen molar-refractivity contribution in [2.24, 2.45) is 10.8 Å². The summed E-state index contributed by atoms with van der Waals surface area (Å²) >= 11 is 0. The van der Waals surface area contributed by atoms with E-state index in [2.05, 4.69) is 20.8 Å². The molecule has 0 atom stereocenters. The Morgan fingerprint density at radius 1 is 1.13 bits per heavy atom. The number of phenols is 1. The molecule has 0 aliphatic heterocycles. The van der Waals surface area contributed by atoms with Gasteiger partial charge in [-0.2, -0.15) is 0 Å². The molecule has 1 fully saturated rings. The Kier molecular flexibility index (Phi) is 5.38. The summed E-state index contributed by atoms with van der Waals surface area (Å²) in [6, 6.07) is 5.62. The first-order valence-corrected chi connectivity index (χ1v) is 8.76. The number of aromatic hydroxyl groups is 1. The van der Waals surface area contributed by atoms with Gasteiger partial charge in [0.1, 0.15) is 5.75 Å². The van der Waals surface area contributed by atoms with Crippen molar-refractivity contribution in [2.75, 3.05) is 0 Å². The zero-order chi connectivity index (χ0) is 17.1. The second kappa shape index (κ2) is 6.94. The first-order valence-electron chi connectivity index (χ1n) is 8.76. The molecule has 1 aromatic rings. The summed E-state index contributed by atoms with van der Waals surface area (Å²) in [5.41, 5.74) is 2.38. The lowest BCUT2D eigenvalue weighted by Gasteiger charge is -2.18. The van der Waals surface area contributed by atoms with Crippen molar-refractivity contribution in [3.63, 3.8) is 0 Å². The molecular weight excluding hydrogens is 288 g/mol. The highest BCUT2D eigenvalue weighted by Gasteiger charge is 2.49. The van der Waals surface area contributed by atoms with Crippen molar-refractivity contribution in [2.45, 2.75) is 72.1 Å². The third-order valence-corrected chi connectivity index (χ3v) is 4.97. The number of hydrogen-bond acceptors (Lipinski definition) is 2. The van der Waals surface area contributed by atoms with E-state index < -0.39 is 11.4 Å². The quantitative estimate of drug-likeness (QED) is 0.713. The summed E-state index contributed by atoms with van der Waals surface area (Å²) in [7, 11) is 0. The van der Waals surface area contributed by atoms with Crippen LogP contribution in [0.4, 0.5) is 0 Å². The van der Waals surface area contributed by atoms with Gasteiger partial charge in [0, 0.05) is 0 Å². The molecule has 1 aromatic carbocycles. The monoisotopic (exact) mass is 318 g/mol. The number of rotatable bonds is 8. The van der Waals surface area contributed by atoms with E-state index >= 15 is 0 Å². The number of carbonyl (C=O) groups is 1. The Morgan fingerprint density at radius 2 is 1.78 bits per heavy atom. The SMILES string of the molecule is CC(C)(C)CCCc1cc(O)ccc1CCCC1(C(=O)O)CC1. The third-order valence-electron chi connectivity index (χ3n) is 4.97. The minimum Gasteiger partial charge on any atom is -0.508 e. The Morgan fingerprint density at radius 3 is 2.35 bits per heavy atom. The minimum atomic E-state index is -0.631. The molecule has 128 valence electrons. The van der Waals surface area contributed by atoms with Crippen LogP contribution in [0.3, 0.4) is 0 Å². The largest absolute Gasteiger partial charge is 0.508 e. The van der Waals surface area contributed by atoms with Gasteiger partial charge in [0.25, 0.3) is 0 Å². The first kappa shape index (κ1) is 17.8. The molecule has 1 aliphatic rings. The van der Waals surface area contributed by atoms with E-state index in [9.17, 15) is 15.0 Å². The van der Waals surface area contributed by atoms with Gasteiger partial charge in [0.05, 0.1) is 5.41 Å². The van der Waals surface area contributed by atoms with Crippen molar-refractivity contribution in [3.8, 4) is 5.75 Å². The topological polar surface area (TPSA) is 57.5 Å². The summed E-state index contributed by atoms with van der Waals surface area (Å²) in [6.07, 6.45) is 7.48. The van der Waals surface area contributed by atoms with Crippen molar-refractivity contribution in [1.82, 2.24) is 0 Å². The molecule has 1 aliphatic carbocycles. The van der Waals surface area contributed by atoms with Crippen molar-refractivity contribution < 1.29 is 15.0 Å². The maximum absolute atomic E-state index is 11.2. The molecule has 0 aromatic heterocycles. The fourth-order valence-electron chi connectivity index (χ4n) is 3.24. The summed E-state index contributed by atoms with van der Waals surface area (Å²) in [5, 5.41) is 19.0. The van der Waals surface area contributed by atoms with Gasteiger partial charge in [-0.25, -0.2) is 0 Å². The average molecular weight is 318 g/mol. The average Bonchev–Trinajstić information content (AvgIpc) is 3.21. The number of aryl methyl sites for hydroxylation is 2. The summed E-state index contributed by atoms with van der Waals surface area (Å²) in [6.45, 7) is 6.74. The molecule has 2 rings (SSSR count). The number of aliphatic carboxylic acids is 1. The predicted molar refractivity (Wildman–Crippen MR) is 92.7 cm³/mol. The van der Waals surface area contributed by atoms with Gasteiger partial charge in [-0.3, -0.25) is 4.79 Å². The lowest BCUT2D eigenvalue weighted by atomic mass is 9.87. The van der Waals surface area contributed by atoms with Gasteiger partial charge >= 0.3 is 5.97 Å². The molecule has 0 amide bonds. The van der Waals surface area contributed by atoms with Crippen LogP contribution in [-0.2, 0) is 17.6 Å². The lowest BCUT2D eigenvalue weighted by molar-refractivity contribution is -0.143. The number of carboxylic acids is 1. The van der Waals surface area contributed by atoms with Crippen LogP contribution in [0.1, 0.15) is 70.4 Å². The number of hydrogen-bond donors (Lipinski definition) is 2. The molecule has 3 heteroatoms. The van der Waals surface area contributed by atoms with Gasteiger partial charge < -0.3 is 10.2 Å². The van der Waals surface area contributed by atoms with Gasteiger partial charge in [0.15, 0.2) is 0 Å². The van der Waals surface area contributed by atoms with Gasteiger partial charge in [-0.1, -0.05) is 26.8 Å². The molecule has 2 N–H and O–H groups in total. The molecule has 0 spiro atoms. The molecule has 3 nitrogen and oxygen atoms in total. The Bertz CT molecular complexity index is 550. The van der Waals surface area contributed by atoms with E-state index in [1.807, 2.05) is 12.1 Å². The van der Waals surface area contributed by atoms with Crippen LogP contribution in [0.2, 0.25) is 0 Å². The van der Waals surface area contributed by atoms with Crippen LogP contribution in [-0.4, -0.2) is 16.2 Å². The smallest absolute Gasteiger partial charge is 0.309 e. The van der Waals surface area contributed by atoms with E-state index in [1.165, 1.54) is 11.1 Å². The highest BCUT2D eigenvalue weighted by molar-refractivity contribution is 5.77. The molecule has 0 radical (unpaired) electrons. The van der Waals surface area contributed by atoms with E-state index in [0.717, 1.165) is 51.4 Å². The molecule has 1 saturated carbocycles. The Balaban J connectivity index is 1.91. The summed E-state index contributed by atoms with van der Waals surface area (Å²) in [4.78, 5) is 11.2. The second-order valence-electron chi connectivity index (χ2n) is 8.31. The molecule has 23 heavy (non-hydrogen) atoms. The fourth-order valence-corrected chi connectivity index (χ4v) is 3.24. The van der Waals surface area contributed by atoms with Gasteiger partial charge in [-0.05, 0) is 80.0 Å². The van der Waals surface area contributed by atoms with Crippen LogP contribution >= 0.6 is 0 Å². The van der Waals surface area contributed by atoms with Crippen LogP contribution in [0.25, 0.3) is 0 Å². The molecule has 0 unspecified atom stereocenters. The van der Waals surface area contributed by atoms with Crippen molar-refractivity contribution >= 4 is 5.97 Å². The van der Waals surface area contributed by atoms with Gasteiger partial charge in [0.2, 0.25) is 0 Å². The Hall–Kier alpha value is -1.51. The van der Waals surface area contributed by atoms with E-state index in [-0.39, 0.29) is 0 Å². The third kappa shape index (κ3) is 5.26. The van der Waals surface area contributed by atoms with Gasteiger partial charge in [-0.15, -0.1) is 0 Å². The normalized spacial score (nSPS) is 16.3. The standard InChI is InChI=1S/C20H30O3/c1-19(2,3)10-4-7-16-14-17(21)9-8-15(16)6-5-11-20(12-13-20)18(22)23/h8-9,14,21H,4-7,10-13H2,1-3H3,(H,22,23). The summed E-state index contributed by atoms with van der Waals surface area (Å²) in [5.74, 6) is -0.308. The fraction of sp³-hybridized carbons (Fsp3) is 0.650. The zero-order valence-electron chi connectivity index (χ0n) is 14.7. The number of phenolic OH excluding ortho intramolecular Hbond substituents is 1. The van der Waals surface area contributed by atoms with E-state index in [4.69, 9.17) is 0 Å². The highest BCUT2D eigenvalue weighted by atomic mass is 16.4. The highest BCUT2D eigenvalue weighted by Crippen LogP contribution is 2.50. The van der Waals surface area contributed by atoms with Crippen molar-refractivity contribution in [3.05, 3.63) is 29.3 Å². The number of benzene rings is 1. The first-order chi connectivity index (χ1) is 10.7. The molecule has 0 heterocycles.